The minimum atomic E-state index is 0. The van der Waals surface area contributed by atoms with Crippen LogP contribution in [0.3, 0.4) is 0 Å². The van der Waals surface area contributed by atoms with Gasteiger partial charge in [-0.2, -0.15) is 0 Å². The molecule has 0 radical (unpaired) electrons. The number of imidazole rings is 1. The molecule has 1 aliphatic heterocycles. The lowest BCUT2D eigenvalue weighted by molar-refractivity contribution is -0.121. The van der Waals surface area contributed by atoms with Crippen molar-refractivity contribution in [1.29, 1.82) is 0 Å². The van der Waals surface area contributed by atoms with Crippen LogP contribution in [0.1, 0.15) is 36.9 Å². The molecule has 0 aliphatic carbocycles. The monoisotopic (exact) mass is 365 g/mol. The molecule has 2 aromatic rings. The van der Waals surface area contributed by atoms with Gasteiger partial charge < -0.3 is 15.5 Å². The molecule has 25 heavy (non-hydrogen) atoms. The Morgan fingerprint density at radius 3 is 3.08 bits per heavy atom. The molecule has 0 saturated carbocycles. The number of hydrogen-bond acceptors (Lipinski definition) is 4. The van der Waals surface area contributed by atoms with Crippen molar-refractivity contribution in [2.75, 3.05) is 19.6 Å². The van der Waals surface area contributed by atoms with Crippen LogP contribution < -0.4 is 11.1 Å². The molecule has 0 spiro atoms. The fourth-order valence-electron chi connectivity index (χ4n) is 3.48. The van der Waals surface area contributed by atoms with Gasteiger partial charge in [0.15, 0.2) is 0 Å². The highest BCUT2D eigenvalue weighted by molar-refractivity contribution is 5.85. The van der Waals surface area contributed by atoms with E-state index in [4.69, 9.17) is 5.73 Å². The summed E-state index contributed by atoms with van der Waals surface area (Å²) >= 11 is 0. The summed E-state index contributed by atoms with van der Waals surface area (Å²) in [4.78, 5) is 18.7. The van der Waals surface area contributed by atoms with Gasteiger partial charge in [-0.3, -0.25) is 9.69 Å². The first-order valence-electron chi connectivity index (χ1n) is 8.81. The number of carbonyl (C=O) groups is 1. The van der Waals surface area contributed by atoms with Gasteiger partial charge in [-0.25, -0.2) is 4.98 Å². The number of amides is 1. The number of piperidine rings is 1. The van der Waals surface area contributed by atoms with Crippen molar-refractivity contribution < 1.29 is 4.79 Å². The third-order valence-corrected chi connectivity index (χ3v) is 4.83. The van der Waals surface area contributed by atoms with Crippen molar-refractivity contribution in [2.45, 2.75) is 45.2 Å². The number of nitrogens with two attached hydrogens (primary N) is 1. The zero-order chi connectivity index (χ0) is 16.9. The number of aryl methyl sites for hydroxylation is 1. The summed E-state index contributed by atoms with van der Waals surface area (Å²) in [6, 6.07) is 4.53. The molecule has 1 saturated heterocycles. The van der Waals surface area contributed by atoms with Crippen molar-refractivity contribution in [3.63, 3.8) is 0 Å². The summed E-state index contributed by atoms with van der Waals surface area (Å²) < 4.78 is 2.17. The fraction of sp³-hybridized carbons (Fsp3) is 0.556. The lowest BCUT2D eigenvalue weighted by Gasteiger charge is -2.35. The van der Waals surface area contributed by atoms with Gasteiger partial charge in [0.2, 0.25) is 5.91 Å². The lowest BCUT2D eigenvalue weighted by atomic mass is 10.0. The number of nitrogens with one attached hydrogen (secondary N) is 1. The topological polar surface area (TPSA) is 75.7 Å². The Labute approximate surface area is 155 Å². The van der Waals surface area contributed by atoms with E-state index in [1.165, 1.54) is 24.1 Å². The Bertz CT molecular complexity index is 702. The molecule has 0 aromatic carbocycles. The van der Waals surface area contributed by atoms with Crippen LogP contribution in [0.4, 0.5) is 0 Å². The molecule has 0 bridgehead atoms. The quantitative estimate of drug-likeness (QED) is 0.819. The largest absolute Gasteiger partial charge is 0.354 e. The van der Waals surface area contributed by atoms with Gasteiger partial charge in [-0.05, 0) is 37.9 Å². The number of pyridine rings is 1. The minimum Gasteiger partial charge on any atom is -0.354 e. The van der Waals surface area contributed by atoms with Crippen molar-refractivity contribution in [3.8, 4) is 0 Å². The van der Waals surface area contributed by atoms with Crippen LogP contribution in [0.25, 0.3) is 5.65 Å². The smallest absolute Gasteiger partial charge is 0.221 e. The van der Waals surface area contributed by atoms with E-state index in [1.54, 1.807) is 0 Å². The Balaban J connectivity index is 0.00000225. The maximum Gasteiger partial charge on any atom is 0.221 e. The highest BCUT2D eigenvalue weighted by atomic mass is 35.5. The summed E-state index contributed by atoms with van der Waals surface area (Å²) in [5, 5.41) is 3.03. The van der Waals surface area contributed by atoms with Crippen LogP contribution >= 0.6 is 12.4 Å². The lowest BCUT2D eigenvalue weighted by Crippen LogP contribution is -2.46. The molecule has 7 heteroatoms. The summed E-state index contributed by atoms with van der Waals surface area (Å²) in [5.74, 6) is 0.0495. The van der Waals surface area contributed by atoms with Crippen LogP contribution in [-0.4, -0.2) is 45.9 Å². The predicted molar refractivity (Wildman–Crippen MR) is 102 cm³/mol. The molecular weight excluding hydrogens is 338 g/mol. The number of rotatable bonds is 6. The second-order valence-electron chi connectivity index (χ2n) is 6.60. The summed E-state index contributed by atoms with van der Waals surface area (Å²) in [5.41, 5.74) is 8.86. The predicted octanol–water partition coefficient (Wildman–Crippen LogP) is 1.88. The molecular formula is C18H28ClN5O. The van der Waals surface area contributed by atoms with Gasteiger partial charge in [0, 0.05) is 38.3 Å². The van der Waals surface area contributed by atoms with E-state index in [0.29, 0.717) is 25.6 Å². The molecule has 3 rings (SSSR count). The highest BCUT2D eigenvalue weighted by Gasteiger charge is 2.23. The highest BCUT2D eigenvalue weighted by Crippen LogP contribution is 2.20. The Morgan fingerprint density at radius 2 is 2.28 bits per heavy atom. The number of halogens is 1. The van der Waals surface area contributed by atoms with E-state index >= 15 is 0 Å². The first-order chi connectivity index (χ1) is 11.7. The molecule has 138 valence electrons. The van der Waals surface area contributed by atoms with E-state index in [1.807, 2.05) is 6.20 Å². The number of carbonyl (C=O) groups excluding carboxylic acids is 1. The van der Waals surface area contributed by atoms with Crippen molar-refractivity contribution >= 4 is 24.0 Å². The Kier molecular flexibility index (Phi) is 7.23. The molecule has 1 atom stereocenters. The molecule has 1 unspecified atom stereocenters. The van der Waals surface area contributed by atoms with Crippen LogP contribution in [0.2, 0.25) is 0 Å². The summed E-state index contributed by atoms with van der Waals surface area (Å²) in [6.07, 6.45) is 8.01. The molecule has 1 aliphatic rings. The van der Waals surface area contributed by atoms with Crippen LogP contribution in [0.5, 0.6) is 0 Å². The third-order valence-electron chi connectivity index (χ3n) is 4.83. The molecule has 1 fully saturated rings. The first kappa shape index (κ1) is 19.7. The number of nitrogens with zero attached hydrogens (tertiary/aromatic N) is 3. The number of aromatic nitrogens is 2. The van der Waals surface area contributed by atoms with E-state index < -0.39 is 0 Å². The second-order valence-corrected chi connectivity index (χ2v) is 6.60. The number of hydrogen-bond donors (Lipinski definition) is 2. The maximum absolute atomic E-state index is 11.7. The van der Waals surface area contributed by atoms with Crippen LogP contribution in [0.15, 0.2) is 24.5 Å². The van der Waals surface area contributed by atoms with E-state index in [-0.39, 0.29) is 18.3 Å². The van der Waals surface area contributed by atoms with Gasteiger partial charge in [0.25, 0.3) is 0 Å². The number of likely N-dealkylation sites (tertiary alicyclic amines) is 1. The minimum absolute atomic E-state index is 0. The molecule has 3 N–H and O–H groups in total. The van der Waals surface area contributed by atoms with E-state index in [2.05, 4.69) is 44.9 Å². The van der Waals surface area contributed by atoms with E-state index in [9.17, 15) is 4.79 Å². The van der Waals surface area contributed by atoms with Crippen molar-refractivity contribution in [1.82, 2.24) is 19.6 Å². The zero-order valence-corrected chi connectivity index (χ0v) is 15.6. The van der Waals surface area contributed by atoms with Crippen molar-refractivity contribution in [3.05, 3.63) is 35.8 Å². The van der Waals surface area contributed by atoms with Crippen LogP contribution in [-0.2, 0) is 11.3 Å². The van der Waals surface area contributed by atoms with Crippen LogP contribution in [0, 0.1) is 6.92 Å². The van der Waals surface area contributed by atoms with Gasteiger partial charge >= 0.3 is 0 Å². The summed E-state index contributed by atoms with van der Waals surface area (Å²) in [6.45, 7) is 5.12. The normalized spacial score (nSPS) is 18.1. The van der Waals surface area contributed by atoms with E-state index in [0.717, 1.165) is 25.2 Å². The second kappa shape index (κ2) is 9.17. The van der Waals surface area contributed by atoms with Gasteiger partial charge in [0.1, 0.15) is 5.65 Å². The zero-order valence-electron chi connectivity index (χ0n) is 14.8. The standard InChI is InChI=1S/C18H27N5O.ClH/c1-14-5-4-10-23-16(12-21-18(14)23)13-22-9-3-2-6-15(22)11-20-17(24)7-8-19;/h4-5,10,12,15H,2-3,6-9,11,13,19H2,1H3,(H,20,24);1H. The number of fused-ring (bicyclic) bond motifs is 1. The average molecular weight is 366 g/mol. The van der Waals surface area contributed by atoms with Gasteiger partial charge in [-0.1, -0.05) is 12.5 Å². The van der Waals surface area contributed by atoms with Gasteiger partial charge in [0.05, 0.1) is 11.9 Å². The van der Waals surface area contributed by atoms with Gasteiger partial charge in [-0.15, -0.1) is 12.4 Å². The first-order valence-corrected chi connectivity index (χ1v) is 8.81. The molecule has 1 amide bonds. The average Bonchev–Trinajstić information content (AvgIpc) is 2.99. The Morgan fingerprint density at radius 1 is 1.44 bits per heavy atom. The SMILES string of the molecule is Cc1cccn2c(CN3CCCCC3CNC(=O)CCN)cnc12.Cl. The fourth-order valence-corrected chi connectivity index (χ4v) is 3.48. The molecule has 3 heterocycles. The molecule has 6 nitrogen and oxygen atoms in total. The maximum atomic E-state index is 11.7. The Hall–Kier alpha value is -1.63. The third kappa shape index (κ3) is 4.71. The van der Waals surface area contributed by atoms with Crippen molar-refractivity contribution in [2.24, 2.45) is 5.73 Å². The summed E-state index contributed by atoms with van der Waals surface area (Å²) in [7, 11) is 0. The molecule has 2 aromatic heterocycles.